The summed E-state index contributed by atoms with van der Waals surface area (Å²) < 4.78 is 11.3. The van der Waals surface area contributed by atoms with Gasteiger partial charge in [0.25, 0.3) is 0 Å². The number of anilines is 1. The van der Waals surface area contributed by atoms with E-state index in [2.05, 4.69) is 5.32 Å². The van der Waals surface area contributed by atoms with Crippen LogP contribution in [0.1, 0.15) is 32.1 Å². The van der Waals surface area contributed by atoms with Crippen LogP contribution in [-0.4, -0.2) is 31.4 Å². The molecular formula is C19H26N2O3S. The number of carbonyl (C=O) groups is 1. The van der Waals surface area contributed by atoms with Gasteiger partial charge in [-0.3, -0.25) is 4.79 Å². The first-order valence-electron chi connectivity index (χ1n) is 9.19. The van der Waals surface area contributed by atoms with Gasteiger partial charge >= 0.3 is 0 Å². The van der Waals surface area contributed by atoms with Gasteiger partial charge in [0.05, 0.1) is 5.69 Å². The standard InChI is InChI=1S/C19H26N2O3S/c1-25-17-10-16-15(23-5-6-24-16)9-14(17)21-19(22)13-7-11-3-2-4-12(8-13)18(11)20/h9-13,18H,2-8,20H2,1H3,(H,21,22). The molecule has 1 aromatic carbocycles. The summed E-state index contributed by atoms with van der Waals surface area (Å²) in [5, 5.41) is 3.15. The number of amides is 1. The Bertz CT molecular complexity index is 652. The van der Waals surface area contributed by atoms with E-state index < -0.39 is 0 Å². The second-order valence-electron chi connectivity index (χ2n) is 7.38. The molecule has 2 fully saturated rings. The second kappa shape index (κ2) is 7.08. The van der Waals surface area contributed by atoms with Gasteiger partial charge in [-0.2, -0.15) is 0 Å². The molecule has 5 nitrogen and oxygen atoms in total. The molecule has 3 aliphatic rings. The van der Waals surface area contributed by atoms with Gasteiger partial charge in [-0.25, -0.2) is 0 Å². The third-order valence-corrected chi connectivity index (χ3v) is 6.68. The van der Waals surface area contributed by atoms with Gasteiger partial charge in [0.1, 0.15) is 13.2 Å². The highest BCUT2D eigenvalue weighted by molar-refractivity contribution is 7.98. The van der Waals surface area contributed by atoms with E-state index in [1.54, 1.807) is 11.8 Å². The van der Waals surface area contributed by atoms with Gasteiger partial charge in [-0.15, -0.1) is 11.8 Å². The molecule has 2 saturated carbocycles. The lowest BCUT2D eigenvalue weighted by atomic mass is 9.65. The maximum atomic E-state index is 12.9. The fourth-order valence-electron chi connectivity index (χ4n) is 4.57. The summed E-state index contributed by atoms with van der Waals surface area (Å²) in [6, 6.07) is 4.14. The highest BCUT2D eigenvalue weighted by Crippen LogP contribution is 2.43. The Kier molecular flexibility index (Phi) is 4.82. The summed E-state index contributed by atoms with van der Waals surface area (Å²) >= 11 is 1.60. The van der Waals surface area contributed by atoms with Crippen molar-refractivity contribution in [1.82, 2.24) is 0 Å². The normalized spacial score (nSPS) is 30.6. The first-order chi connectivity index (χ1) is 12.2. The van der Waals surface area contributed by atoms with E-state index in [4.69, 9.17) is 15.2 Å². The molecule has 3 N–H and O–H groups in total. The highest BCUT2D eigenvalue weighted by atomic mass is 32.2. The van der Waals surface area contributed by atoms with E-state index in [0.717, 1.165) is 29.2 Å². The number of hydrogen-bond acceptors (Lipinski definition) is 5. The van der Waals surface area contributed by atoms with Gasteiger partial charge in [-0.05, 0) is 49.8 Å². The zero-order valence-corrected chi connectivity index (χ0v) is 15.4. The van der Waals surface area contributed by atoms with Crippen LogP contribution in [0.3, 0.4) is 0 Å². The topological polar surface area (TPSA) is 73.6 Å². The van der Waals surface area contributed by atoms with E-state index in [0.29, 0.717) is 30.8 Å². The molecule has 2 unspecified atom stereocenters. The average molecular weight is 362 g/mol. The van der Waals surface area contributed by atoms with Crippen LogP contribution in [0.25, 0.3) is 0 Å². The van der Waals surface area contributed by atoms with Crippen LogP contribution in [0.4, 0.5) is 5.69 Å². The van der Waals surface area contributed by atoms with Gasteiger partial charge < -0.3 is 20.5 Å². The molecule has 2 bridgehead atoms. The number of ether oxygens (including phenoxy) is 2. The van der Waals surface area contributed by atoms with Crippen LogP contribution < -0.4 is 20.5 Å². The van der Waals surface area contributed by atoms with Crippen molar-refractivity contribution in [3.63, 3.8) is 0 Å². The van der Waals surface area contributed by atoms with Gasteiger partial charge in [0, 0.05) is 22.9 Å². The van der Waals surface area contributed by atoms with Crippen molar-refractivity contribution in [1.29, 1.82) is 0 Å². The number of thioether (sulfide) groups is 1. The smallest absolute Gasteiger partial charge is 0.227 e. The number of carbonyl (C=O) groups excluding carboxylic acids is 1. The van der Waals surface area contributed by atoms with Gasteiger partial charge in [0.2, 0.25) is 5.91 Å². The molecule has 1 aromatic rings. The molecule has 1 heterocycles. The fourth-order valence-corrected chi connectivity index (χ4v) is 5.13. The molecule has 0 aromatic heterocycles. The van der Waals surface area contributed by atoms with E-state index in [-0.39, 0.29) is 17.9 Å². The number of hydrogen-bond donors (Lipinski definition) is 2. The van der Waals surface area contributed by atoms with Crippen LogP contribution in [0, 0.1) is 17.8 Å². The third kappa shape index (κ3) is 3.34. The van der Waals surface area contributed by atoms with Crippen molar-refractivity contribution in [2.75, 3.05) is 24.8 Å². The van der Waals surface area contributed by atoms with Crippen molar-refractivity contribution >= 4 is 23.4 Å². The molecule has 0 radical (unpaired) electrons. The summed E-state index contributed by atoms with van der Waals surface area (Å²) in [5.74, 6) is 2.66. The molecule has 136 valence electrons. The Morgan fingerprint density at radius 2 is 1.80 bits per heavy atom. The molecule has 1 aliphatic heterocycles. The van der Waals surface area contributed by atoms with Crippen LogP contribution in [0.15, 0.2) is 17.0 Å². The van der Waals surface area contributed by atoms with Crippen molar-refractivity contribution in [3.8, 4) is 11.5 Å². The predicted molar refractivity (Wildman–Crippen MR) is 99.4 cm³/mol. The quantitative estimate of drug-likeness (QED) is 0.808. The summed E-state index contributed by atoms with van der Waals surface area (Å²) in [4.78, 5) is 13.9. The third-order valence-electron chi connectivity index (χ3n) is 5.91. The lowest BCUT2D eigenvalue weighted by Crippen LogP contribution is -2.48. The minimum absolute atomic E-state index is 0.0676. The monoisotopic (exact) mass is 362 g/mol. The average Bonchev–Trinajstić information content (AvgIpc) is 2.60. The van der Waals surface area contributed by atoms with E-state index in [1.807, 2.05) is 18.4 Å². The molecule has 1 amide bonds. The molecule has 0 saturated heterocycles. The minimum atomic E-state index is 0.0676. The zero-order chi connectivity index (χ0) is 17.4. The number of rotatable bonds is 3. The molecular weight excluding hydrogens is 336 g/mol. The molecule has 2 atom stereocenters. The molecule has 6 heteroatoms. The molecule has 4 rings (SSSR count). The fraction of sp³-hybridized carbons (Fsp3) is 0.632. The maximum Gasteiger partial charge on any atom is 0.227 e. The summed E-state index contributed by atoms with van der Waals surface area (Å²) in [5.41, 5.74) is 7.18. The number of fused-ring (bicyclic) bond motifs is 3. The Labute approximate surface area is 153 Å². The first-order valence-corrected chi connectivity index (χ1v) is 10.4. The lowest BCUT2D eigenvalue weighted by Gasteiger charge is -2.43. The molecule has 2 aliphatic carbocycles. The number of benzene rings is 1. The number of nitrogens with one attached hydrogen (secondary N) is 1. The van der Waals surface area contributed by atoms with Gasteiger partial charge in [-0.1, -0.05) is 6.42 Å². The van der Waals surface area contributed by atoms with E-state index in [1.165, 1.54) is 19.3 Å². The predicted octanol–water partition coefficient (Wildman–Crippen LogP) is 3.27. The Hall–Kier alpha value is -1.40. The van der Waals surface area contributed by atoms with Crippen molar-refractivity contribution in [3.05, 3.63) is 12.1 Å². The SMILES string of the molecule is CSc1cc2c(cc1NC(=O)C1CC3CCCC(C1)C3N)OCCO2. The first kappa shape index (κ1) is 17.0. The highest BCUT2D eigenvalue weighted by Gasteiger charge is 2.40. The van der Waals surface area contributed by atoms with Crippen LogP contribution in [0.2, 0.25) is 0 Å². The number of nitrogens with two attached hydrogens (primary N) is 1. The molecule has 0 spiro atoms. The zero-order valence-electron chi connectivity index (χ0n) is 14.6. The van der Waals surface area contributed by atoms with Crippen LogP contribution in [-0.2, 0) is 4.79 Å². The molecule has 25 heavy (non-hydrogen) atoms. The van der Waals surface area contributed by atoms with Gasteiger partial charge in [0.15, 0.2) is 11.5 Å². The van der Waals surface area contributed by atoms with Crippen molar-refractivity contribution in [2.45, 2.75) is 43.0 Å². The van der Waals surface area contributed by atoms with E-state index in [9.17, 15) is 4.79 Å². The van der Waals surface area contributed by atoms with E-state index >= 15 is 0 Å². The largest absolute Gasteiger partial charge is 0.486 e. The van der Waals surface area contributed by atoms with Crippen LogP contribution >= 0.6 is 11.8 Å². The Morgan fingerprint density at radius 1 is 1.16 bits per heavy atom. The second-order valence-corrected chi connectivity index (χ2v) is 8.23. The van der Waals surface area contributed by atoms with Crippen molar-refractivity contribution in [2.24, 2.45) is 23.5 Å². The summed E-state index contributed by atoms with van der Waals surface area (Å²) in [6.45, 7) is 1.11. The van der Waals surface area contributed by atoms with Crippen molar-refractivity contribution < 1.29 is 14.3 Å². The van der Waals surface area contributed by atoms with Crippen LogP contribution in [0.5, 0.6) is 11.5 Å². The summed E-state index contributed by atoms with van der Waals surface area (Å²) in [6.07, 6.45) is 7.44. The maximum absolute atomic E-state index is 12.9. The lowest BCUT2D eigenvalue weighted by molar-refractivity contribution is -0.122. The Balaban J connectivity index is 1.51. The minimum Gasteiger partial charge on any atom is -0.486 e. The Morgan fingerprint density at radius 3 is 2.44 bits per heavy atom. The summed E-state index contributed by atoms with van der Waals surface area (Å²) in [7, 11) is 0.